The van der Waals surface area contributed by atoms with Crippen molar-refractivity contribution in [1.29, 1.82) is 0 Å². The Bertz CT molecular complexity index is 556. The Kier molecular flexibility index (Phi) is 4.83. The van der Waals surface area contributed by atoms with Gasteiger partial charge in [0, 0.05) is 5.02 Å². The first-order chi connectivity index (χ1) is 9.92. The van der Waals surface area contributed by atoms with E-state index in [2.05, 4.69) is 5.32 Å². The van der Waals surface area contributed by atoms with Gasteiger partial charge in [0.25, 0.3) is 5.91 Å². The van der Waals surface area contributed by atoms with Crippen molar-refractivity contribution in [3.8, 4) is 0 Å². The fraction of sp³-hybridized carbons (Fsp3) is 0.467. The number of aliphatic carboxylic acids is 1. The Morgan fingerprint density at radius 3 is 2.57 bits per heavy atom. The molecule has 6 heteroatoms. The van der Waals surface area contributed by atoms with Crippen LogP contribution in [0.25, 0.3) is 0 Å². The second kappa shape index (κ2) is 6.43. The van der Waals surface area contributed by atoms with Gasteiger partial charge in [0.1, 0.15) is 5.82 Å². The molecule has 1 aliphatic carbocycles. The first-order valence-electron chi connectivity index (χ1n) is 6.91. The monoisotopic (exact) mass is 313 g/mol. The highest BCUT2D eigenvalue weighted by molar-refractivity contribution is 6.31. The summed E-state index contributed by atoms with van der Waals surface area (Å²) in [6, 6.07) is 3.74. The molecule has 4 nitrogen and oxygen atoms in total. The lowest BCUT2D eigenvalue weighted by molar-refractivity contribution is -0.139. The van der Waals surface area contributed by atoms with Crippen LogP contribution in [0.3, 0.4) is 0 Å². The number of carbonyl (C=O) groups is 2. The quantitative estimate of drug-likeness (QED) is 0.895. The number of hydrogen-bond donors (Lipinski definition) is 2. The van der Waals surface area contributed by atoms with Crippen LogP contribution in [0, 0.1) is 5.82 Å². The zero-order chi connectivity index (χ0) is 15.5. The molecule has 1 amide bonds. The largest absolute Gasteiger partial charge is 0.481 e. The van der Waals surface area contributed by atoms with Crippen molar-refractivity contribution in [2.24, 2.45) is 0 Å². The Labute approximate surface area is 127 Å². The third-order valence-electron chi connectivity index (χ3n) is 3.85. The van der Waals surface area contributed by atoms with Crippen LogP contribution in [-0.2, 0) is 4.79 Å². The standard InChI is InChI=1S/C15H17ClFNO3/c16-10-4-5-12(17)11(8-10)14(21)18-15(9-13(19)20)6-2-1-3-7-15/h4-5,8H,1-3,6-7,9H2,(H,18,21)(H,19,20). The number of halogens is 2. The van der Waals surface area contributed by atoms with E-state index in [1.807, 2.05) is 0 Å². The molecule has 1 aliphatic rings. The van der Waals surface area contributed by atoms with E-state index in [1.165, 1.54) is 12.1 Å². The van der Waals surface area contributed by atoms with E-state index < -0.39 is 23.2 Å². The second-order valence-electron chi connectivity index (χ2n) is 5.49. The third kappa shape index (κ3) is 3.94. The molecule has 0 saturated heterocycles. The van der Waals surface area contributed by atoms with Gasteiger partial charge in [0.2, 0.25) is 0 Å². The van der Waals surface area contributed by atoms with E-state index >= 15 is 0 Å². The molecule has 0 heterocycles. The van der Waals surface area contributed by atoms with Crippen molar-refractivity contribution in [2.45, 2.75) is 44.1 Å². The zero-order valence-electron chi connectivity index (χ0n) is 11.5. The molecule has 0 bridgehead atoms. The van der Waals surface area contributed by atoms with Gasteiger partial charge in [0.15, 0.2) is 0 Å². The van der Waals surface area contributed by atoms with Crippen molar-refractivity contribution in [3.63, 3.8) is 0 Å². The summed E-state index contributed by atoms with van der Waals surface area (Å²) in [6.07, 6.45) is 3.75. The molecule has 1 fully saturated rings. The van der Waals surface area contributed by atoms with E-state index in [1.54, 1.807) is 0 Å². The van der Waals surface area contributed by atoms with Crippen molar-refractivity contribution >= 4 is 23.5 Å². The predicted molar refractivity (Wildman–Crippen MR) is 76.9 cm³/mol. The topological polar surface area (TPSA) is 66.4 Å². The molecule has 1 aromatic rings. The third-order valence-corrected chi connectivity index (χ3v) is 4.09. The maximum atomic E-state index is 13.7. The molecular formula is C15H17ClFNO3. The molecule has 0 aliphatic heterocycles. The van der Waals surface area contributed by atoms with Gasteiger partial charge >= 0.3 is 5.97 Å². The Balaban J connectivity index is 2.21. The fourth-order valence-corrected chi connectivity index (χ4v) is 3.02. The summed E-state index contributed by atoms with van der Waals surface area (Å²) >= 11 is 5.78. The van der Waals surface area contributed by atoms with Gasteiger partial charge in [-0.25, -0.2) is 4.39 Å². The van der Waals surface area contributed by atoms with Crippen molar-refractivity contribution < 1.29 is 19.1 Å². The van der Waals surface area contributed by atoms with E-state index in [0.717, 1.165) is 25.3 Å². The number of amides is 1. The first kappa shape index (κ1) is 15.8. The summed E-state index contributed by atoms with van der Waals surface area (Å²) in [5.74, 6) is -2.25. The Hall–Kier alpha value is -1.62. The highest BCUT2D eigenvalue weighted by atomic mass is 35.5. The van der Waals surface area contributed by atoms with Crippen LogP contribution in [0.2, 0.25) is 5.02 Å². The van der Waals surface area contributed by atoms with Gasteiger partial charge in [-0.05, 0) is 31.0 Å². The van der Waals surface area contributed by atoms with E-state index in [0.29, 0.717) is 12.8 Å². The van der Waals surface area contributed by atoms with Crippen molar-refractivity contribution in [3.05, 3.63) is 34.6 Å². The number of carboxylic acid groups (broad SMARTS) is 1. The minimum atomic E-state index is -0.969. The molecule has 0 aromatic heterocycles. The molecule has 0 spiro atoms. The van der Waals surface area contributed by atoms with Gasteiger partial charge in [-0.2, -0.15) is 0 Å². The van der Waals surface area contributed by atoms with E-state index in [-0.39, 0.29) is 17.0 Å². The van der Waals surface area contributed by atoms with Gasteiger partial charge < -0.3 is 10.4 Å². The number of carboxylic acids is 1. The molecule has 114 valence electrons. The predicted octanol–water partition coefficient (Wildman–Crippen LogP) is 3.39. The normalized spacial score (nSPS) is 17.2. The lowest BCUT2D eigenvalue weighted by Gasteiger charge is -2.37. The van der Waals surface area contributed by atoms with Gasteiger partial charge in [-0.1, -0.05) is 30.9 Å². The van der Waals surface area contributed by atoms with Crippen LogP contribution in [0.4, 0.5) is 4.39 Å². The number of nitrogens with one attached hydrogen (secondary N) is 1. The van der Waals surface area contributed by atoms with E-state index in [4.69, 9.17) is 16.7 Å². The number of hydrogen-bond acceptors (Lipinski definition) is 2. The summed E-state index contributed by atoms with van der Waals surface area (Å²) in [4.78, 5) is 23.3. The van der Waals surface area contributed by atoms with Crippen molar-refractivity contribution in [2.75, 3.05) is 0 Å². The summed E-state index contributed by atoms with van der Waals surface area (Å²) in [7, 11) is 0. The molecule has 21 heavy (non-hydrogen) atoms. The average Bonchev–Trinajstić information content (AvgIpc) is 2.41. The van der Waals surface area contributed by atoms with Crippen molar-refractivity contribution in [1.82, 2.24) is 5.32 Å². The molecule has 1 saturated carbocycles. The minimum Gasteiger partial charge on any atom is -0.481 e. The smallest absolute Gasteiger partial charge is 0.305 e. The number of carbonyl (C=O) groups excluding carboxylic acids is 1. The maximum Gasteiger partial charge on any atom is 0.305 e. The van der Waals surface area contributed by atoms with Crippen LogP contribution in [-0.4, -0.2) is 22.5 Å². The van der Waals surface area contributed by atoms with Gasteiger partial charge in [-0.3, -0.25) is 9.59 Å². The summed E-state index contributed by atoms with van der Waals surface area (Å²) in [5.41, 5.74) is -0.950. The van der Waals surface area contributed by atoms with Crippen LogP contribution < -0.4 is 5.32 Å². The van der Waals surface area contributed by atoms with E-state index in [9.17, 15) is 14.0 Å². The van der Waals surface area contributed by atoms with Crippen LogP contribution >= 0.6 is 11.6 Å². The summed E-state index contributed by atoms with van der Waals surface area (Å²) in [6.45, 7) is 0. The summed E-state index contributed by atoms with van der Waals surface area (Å²) < 4.78 is 13.7. The minimum absolute atomic E-state index is 0.152. The second-order valence-corrected chi connectivity index (χ2v) is 5.93. The first-order valence-corrected chi connectivity index (χ1v) is 7.29. The molecule has 0 radical (unpaired) electrons. The number of benzene rings is 1. The molecule has 2 rings (SSSR count). The fourth-order valence-electron chi connectivity index (χ4n) is 2.84. The van der Waals surface area contributed by atoms with Crippen LogP contribution in [0.5, 0.6) is 0 Å². The SMILES string of the molecule is O=C(O)CC1(NC(=O)c2cc(Cl)ccc2F)CCCCC1. The Morgan fingerprint density at radius 2 is 1.95 bits per heavy atom. The lowest BCUT2D eigenvalue weighted by Crippen LogP contribution is -2.51. The maximum absolute atomic E-state index is 13.7. The molecule has 2 N–H and O–H groups in total. The number of rotatable bonds is 4. The highest BCUT2D eigenvalue weighted by Crippen LogP contribution is 2.31. The van der Waals surface area contributed by atoms with Gasteiger partial charge in [0.05, 0.1) is 17.5 Å². The zero-order valence-corrected chi connectivity index (χ0v) is 12.3. The highest BCUT2D eigenvalue weighted by Gasteiger charge is 2.36. The summed E-state index contributed by atoms with van der Waals surface area (Å²) in [5, 5.41) is 12.1. The molecule has 1 aromatic carbocycles. The van der Waals surface area contributed by atoms with Gasteiger partial charge in [-0.15, -0.1) is 0 Å². The lowest BCUT2D eigenvalue weighted by atomic mass is 9.79. The molecule has 0 unspecified atom stereocenters. The molecule has 0 atom stereocenters. The Morgan fingerprint density at radius 1 is 1.29 bits per heavy atom. The average molecular weight is 314 g/mol. The van der Waals surface area contributed by atoms with Crippen LogP contribution in [0.15, 0.2) is 18.2 Å². The molecular weight excluding hydrogens is 297 g/mol. The van der Waals surface area contributed by atoms with Crippen LogP contribution in [0.1, 0.15) is 48.9 Å².